The van der Waals surface area contributed by atoms with Crippen LogP contribution in [0.1, 0.15) is 16.7 Å². The van der Waals surface area contributed by atoms with Crippen molar-refractivity contribution in [3.8, 4) is 17.2 Å². The van der Waals surface area contributed by atoms with Gasteiger partial charge in [0.05, 0.1) is 20.1 Å². The Bertz CT molecular complexity index is 883. The summed E-state index contributed by atoms with van der Waals surface area (Å²) in [4.78, 5) is 15.0. The van der Waals surface area contributed by atoms with Crippen molar-refractivity contribution in [1.29, 1.82) is 0 Å². The molecule has 0 spiro atoms. The lowest BCUT2D eigenvalue weighted by atomic mass is 9.93. The monoisotopic (exact) mass is 387 g/mol. The highest BCUT2D eigenvalue weighted by Gasteiger charge is 2.31. The normalized spacial score (nSPS) is 18.2. The Hall–Kier alpha value is -2.40. The van der Waals surface area contributed by atoms with Crippen molar-refractivity contribution in [3.05, 3.63) is 52.0 Å². The number of benzene rings is 2. The van der Waals surface area contributed by atoms with Crippen LogP contribution in [0.2, 0.25) is 5.02 Å². The molecule has 2 aromatic carbocycles. The summed E-state index contributed by atoms with van der Waals surface area (Å²) in [5, 5.41) is 0.665. The Labute approximate surface area is 163 Å². The molecule has 1 amide bonds. The minimum absolute atomic E-state index is 0.126. The molecule has 27 heavy (non-hydrogen) atoms. The zero-order valence-electron chi connectivity index (χ0n) is 15.5. The van der Waals surface area contributed by atoms with Crippen LogP contribution < -0.4 is 14.2 Å². The highest BCUT2D eigenvalue weighted by molar-refractivity contribution is 6.30. The zero-order valence-corrected chi connectivity index (χ0v) is 16.2. The van der Waals surface area contributed by atoms with E-state index in [4.69, 9.17) is 25.8 Å². The van der Waals surface area contributed by atoms with E-state index in [9.17, 15) is 4.79 Å². The van der Waals surface area contributed by atoms with E-state index in [1.54, 1.807) is 14.2 Å². The van der Waals surface area contributed by atoms with E-state index in [0.717, 1.165) is 29.0 Å². The first-order chi connectivity index (χ1) is 13.1. The Balaban J connectivity index is 1.51. The summed E-state index contributed by atoms with van der Waals surface area (Å²) in [7, 11) is 3.26. The number of hydrogen-bond acceptors (Lipinski definition) is 4. The summed E-state index contributed by atoms with van der Waals surface area (Å²) in [6.07, 6.45) is 1.46. The number of fused-ring (bicyclic) bond motifs is 2. The largest absolute Gasteiger partial charge is 0.493 e. The fourth-order valence-electron chi connectivity index (χ4n) is 3.85. The van der Waals surface area contributed by atoms with E-state index in [2.05, 4.69) is 0 Å². The van der Waals surface area contributed by atoms with Crippen molar-refractivity contribution >= 4 is 17.5 Å². The Morgan fingerprint density at radius 3 is 2.59 bits per heavy atom. The van der Waals surface area contributed by atoms with Gasteiger partial charge in [-0.3, -0.25) is 4.79 Å². The molecule has 1 unspecified atom stereocenters. The van der Waals surface area contributed by atoms with Crippen LogP contribution in [0.3, 0.4) is 0 Å². The van der Waals surface area contributed by atoms with Gasteiger partial charge in [-0.25, -0.2) is 0 Å². The third-order valence-corrected chi connectivity index (χ3v) is 5.54. The molecule has 0 saturated heterocycles. The quantitative estimate of drug-likeness (QED) is 0.808. The van der Waals surface area contributed by atoms with E-state index in [1.165, 1.54) is 5.56 Å². The van der Waals surface area contributed by atoms with Crippen molar-refractivity contribution < 1.29 is 19.0 Å². The molecular weight excluding hydrogens is 366 g/mol. The van der Waals surface area contributed by atoms with Gasteiger partial charge in [-0.15, -0.1) is 0 Å². The molecule has 0 aromatic heterocycles. The summed E-state index contributed by atoms with van der Waals surface area (Å²) in [5.41, 5.74) is 3.30. The van der Waals surface area contributed by atoms with Gasteiger partial charge in [0.2, 0.25) is 5.91 Å². The van der Waals surface area contributed by atoms with Gasteiger partial charge in [-0.2, -0.15) is 0 Å². The second-order valence-electron chi connectivity index (χ2n) is 6.95. The molecule has 2 aromatic rings. The Morgan fingerprint density at radius 1 is 1.11 bits per heavy atom. The van der Waals surface area contributed by atoms with Gasteiger partial charge in [-0.05, 0) is 59.9 Å². The van der Waals surface area contributed by atoms with E-state index in [0.29, 0.717) is 36.9 Å². The van der Waals surface area contributed by atoms with Crippen LogP contribution in [0.5, 0.6) is 17.2 Å². The first kappa shape index (κ1) is 18.0. The van der Waals surface area contributed by atoms with Crippen LogP contribution in [-0.2, 0) is 24.2 Å². The van der Waals surface area contributed by atoms with Crippen LogP contribution in [0.4, 0.5) is 0 Å². The van der Waals surface area contributed by atoms with Crippen molar-refractivity contribution in [2.24, 2.45) is 5.92 Å². The molecule has 2 heterocycles. The SMILES string of the molecule is COc1cc2c(cc1OC)CN(C(=O)C1COc3ccc(Cl)cc3C1)CC2. The second kappa shape index (κ2) is 7.31. The smallest absolute Gasteiger partial charge is 0.229 e. The molecule has 0 saturated carbocycles. The highest BCUT2D eigenvalue weighted by atomic mass is 35.5. The number of carbonyl (C=O) groups is 1. The number of methoxy groups -OCH3 is 2. The topological polar surface area (TPSA) is 48.0 Å². The fraction of sp³-hybridized carbons (Fsp3) is 0.381. The number of carbonyl (C=O) groups excluding carboxylic acids is 1. The van der Waals surface area contributed by atoms with Crippen molar-refractivity contribution in [2.45, 2.75) is 19.4 Å². The van der Waals surface area contributed by atoms with Gasteiger partial charge in [0.1, 0.15) is 12.4 Å². The van der Waals surface area contributed by atoms with E-state index in [1.807, 2.05) is 35.2 Å². The Morgan fingerprint density at radius 2 is 1.85 bits per heavy atom. The first-order valence-electron chi connectivity index (χ1n) is 9.03. The average molecular weight is 388 g/mol. The van der Waals surface area contributed by atoms with Gasteiger partial charge < -0.3 is 19.1 Å². The van der Waals surface area contributed by atoms with Gasteiger partial charge >= 0.3 is 0 Å². The van der Waals surface area contributed by atoms with Crippen LogP contribution in [0.15, 0.2) is 30.3 Å². The molecule has 0 aliphatic carbocycles. The second-order valence-corrected chi connectivity index (χ2v) is 7.39. The molecule has 0 N–H and O–H groups in total. The summed E-state index contributed by atoms with van der Waals surface area (Å²) < 4.78 is 16.6. The molecule has 2 aliphatic rings. The van der Waals surface area contributed by atoms with Crippen LogP contribution in [-0.4, -0.2) is 38.2 Å². The molecular formula is C21H22ClNO4. The lowest BCUT2D eigenvalue weighted by Crippen LogP contribution is -2.43. The van der Waals surface area contributed by atoms with Gasteiger partial charge in [0.25, 0.3) is 0 Å². The maximum atomic E-state index is 13.1. The molecule has 1 atom stereocenters. The molecule has 2 aliphatic heterocycles. The van der Waals surface area contributed by atoms with Crippen molar-refractivity contribution in [1.82, 2.24) is 4.90 Å². The molecule has 0 fully saturated rings. The number of halogens is 1. The highest BCUT2D eigenvalue weighted by Crippen LogP contribution is 2.35. The van der Waals surface area contributed by atoms with Crippen molar-refractivity contribution in [2.75, 3.05) is 27.4 Å². The molecule has 5 nitrogen and oxygen atoms in total. The van der Waals surface area contributed by atoms with E-state index < -0.39 is 0 Å². The molecule has 142 valence electrons. The number of hydrogen-bond donors (Lipinski definition) is 0. The number of amides is 1. The van der Waals surface area contributed by atoms with Crippen LogP contribution >= 0.6 is 11.6 Å². The molecule has 4 rings (SSSR count). The summed E-state index contributed by atoms with van der Waals surface area (Å²) >= 11 is 6.09. The minimum Gasteiger partial charge on any atom is -0.493 e. The predicted molar refractivity (Wildman–Crippen MR) is 103 cm³/mol. The first-order valence-corrected chi connectivity index (χ1v) is 9.40. The summed E-state index contributed by atoms with van der Waals surface area (Å²) in [6.45, 7) is 1.68. The van der Waals surface area contributed by atoms with Crippen LogP contribution in [0.25, 0.3) is 0 Å². The number of nitrogens with zero attached hydrogens (tertiary/aromatic N) is 1. The van der Waals surface area contributed by atoms with Crippen LogP contribution in [0, 0.1) is 5.92 Å². The predicted octanol–water partition coefficient (Wildman–Crippen LogP) is 3.49. The van der Waals surface area contributed by atoms with E-state index in [-0.39, 0.29) is 11.8 Å². The average Bonchev–Trinajstić information content (AvgIpc) is 2.71. The molecule has 0 bridgehead atoms. The van der Waals surface area contributed by atoms with E-state index >= 15 is 0 Å². The number of rotatable bonds is 3. The summed E-state index contributed by atoms with van der Waals surface area (Å²) in [6, 6.07) is 9.55. The maximum Gasteiger partial charge on any atom is 0.229 e. The standard InChI is InChI=1S/C21H22ClNO4/c1-25-19-9-13-5-6-23(11-15(13)10-20(19)26-2)21(24)16-7-14-8-17(22)3-4-18(14)27-12-16/h3-4,8-10,16H,5-7,11-12H2,1-2H3. The molecule has 0 radical (unpaired) electrons. The van der Waals surface area contributed by atoms with Gasteiger partial charge in [0.15, 0.2) is 11.5 Å². The summed E-state index contributed by atoms with van der Waals surface area (Å²) in [5.74, 6) is 2.18. The van der Waals surface area contributed by atoms with Gasteiger partial charge in [-0.1, -0.05) is 11.6 Å². The lowest BCUT2D eigenvalue weighted by molar-refractivity contribution is -0.137. The minimum atomic E-state index is -0.183. The van der Waals surface area contributed by atoms with Crippen molar-refractivity contribution in [3.63, 3.8) is 0 Å². The Kier molecular flexibility index (Phi) is 4.87. The molecule has 6 heteroatoms. The van der Waals surface area contributed by atoms with Gasteiger partial charge in [0, 0.05) is 18.1 Å². The zero-order chi connectivity index (χ0) is 19.0. The third-order valence-electron chi connectivity index (χ3n) is 5.31. The third kappa shape index (κ3) is 3.44. The fourth-order valence-corrected chi connectivity index (χ4v) is 4.05. The number of ether oxygens (including phenoxy) is 3. The lowest BCUT2D eigenvalue weighted by Gasteiger charge is -2.34. The maximum absolute atomic E-state index is 13.1.